The Morgan fingerprint density at radius 2 is 2.03 bits per heavy atom. The SMILES string of the molecule is O=C(Nc1ccnc(CN2CCC2)c1)c1n[nH]c2ccc(-c3cccnc3)cc12. The summed E-state index contributed by atoms with van der Waals surface area (Å²) in [6, 6.07) is 13.5. The highest BCUT2D eigenvalue weighted by Crippen LogP contribution is 2.25. The Labute approximate surface area is 167 Å². The zero-order valence-corrected chi connectivity index (χ0v) is 15.8. The third-order valence-electron chi connectivity index (χ3n) is 5.18. The second-order valence-electron chi connectivity index (χ2n) is 7.19. The average Bonchev–Trinajstić information content (AvgIpc) is 3.15. The lowest BCUT2D eigenvalue weighted by Crippen LogP contribution is -2.36. The van der Waals surface area contributed by atoms with Gasteiger partial charge < -0.3 is 5.32 Å². The van der Waals surface area contributed by atoms with Crippen LogP contribution < -0.4 is 5.32 Å². The van der Waals surface area contributed by atoms with Crippen LogP contribution in [0.1, 0.15) is 22.6 Å². The van der Waals surface area contributed by atoms with Crippen molar-refractivity contribution in [3.8, 4) is 11.1 Å². The quantitative estimate of drug-likeness (QED) is 0.550. The van der Waals surface area contributed by atoms with Crippen LogP contribution >= 0.6 is 0 Å². The normalized spacial score (nSPS) is 13.9. The number of hydrogen-bond acceptors (Lipinski definition) is 5. The Morgan fingerprint density at radius 3 is 2.83 bits per heavy atom. The number of amides is 1. The molecule has 144 valence electrons. The van der Waals surface area contributed by atoms with Crippen LogP contribution in [-0.4, -0.2) is 44.1 Å². The first-order chi connectivity index (χ1) is 14.3. The fourth-order valence-electron chi connectivity index (χ4n) is 3.50. The van der Waals surface area contributed by atoms with Gasteiger partial charge in [-0.15, -0.1) is 0 Å². The highest BCUT2D eigenvalue weighted by Gasteiger charge is 2.17. The van der Waals surface area contributed by atoms with E-state index < -0.39 is 0 Å². The summed E-state index contributed by atoms with van der Waals surface area (Å²) >= 11 is 0. The molecular formula is C22H20N6O. The van der Waals surface area contributed by atoms with Crippen LogP contribution in [0.5, 0.6) is 0 Å². The number of likely N-dealkylation sites (tertiary alicyclic amines) is 1. The Morgan fingerprint density at radius 1 is 1.10 bits per heavy atom. The van der Waals surface area contributed by atoms with Gasteiger partial charge in [0.2, 0.25) is 0 Å². The zero-order valence-electron chi connectivity index (χ0n) is 15.8. The summed E-state index contributed by atoms with van der Waals surface area (Å²) in [7, 11) is 0. The van der Waals surface area contributed by atoms with Gasteiger partial charge in [0.15, 0.2) is 5.69 Å². The summed E-state index contributed by atoms with van der Waals surface area (Å²) in [5.74, 6) is -0.249. The second kappa shape index (κ2) is 7.44. The van der Waals surface area contributed by atoms with Crippen LogP contribution in [0.3, 0.4) is 0 Å². The number of aromatic amines is 1. The predicted molar refractivity (Wildman–Crippen MR) is 111 cm³/mol. The van der Waals surface area contributed by atoms with E-state index in [0.717, 1.165) is 53.0 Å². The van der Waals surface area contributed by atoms with Gasteiger partial charge in [0, 0.05) is 41.8 Å². The molecule has 1 saturated heterocycles. The molecule has 1 aliphatic rings. The molecule has 2 N–H and O–H groups in total. The van der Waals surface area contributed by atoms with Crippen LogP contribution in [0.25, 0.3) is 22.0 Å². The van der Waals surface area contributed by atoms with E-state index in [9.17, 15) is 4.79 Å². The summed E-state index contributed by atoms with van der Waals surface area (Å²) in [5, 5.41) is 10.9. The molecule has 1 fully saturated rings. The molecule has 5 rings (SSSR count). The van der Waals surface area contributed by atoms with Crippen molar-refractivity contribution in [2.24, 2.45) is 0 Å². The highest BCUT2D eigenvalue weighted by molar-refractivity contribution is 6.11. The van der Waals surface area contributed by atoms with Crippen molar-refractivity contribution >= 4 is 22.5 Å². The molecule has 4 aromatic rings. The van der Waals surface area contributed by atoms with Gasteiger partial charge >= 0.3 is 0 Å². The van der Waals surface area contributed by atoms with E-state index in [1.807, 2.05) is 36.4 Å². The Kier molecular flexibility index (Phi) is 4.50. The highest BCUT2D eigenvalue weighted by atomic mass is 16.1. The van der Waals surface area contributed by atoms with E-state index in [2.05, 4.69) is 30.4 Å². The molecule has 0 saturated carbocycles. The van der Waals surface area contributed by atoms with Gasteiger partial charge in [-0.05, 0) is 55.4 Å². The van der Waals surface area contributed by atoms with Crippen LogP contribution in [0.15, 0.2) is 61.1 Å². The van der Waals surface area contributed by atoms with Gasteiger partial charge in [0.25, 0.3) is 5.91 Å². The molecule has 0 aliphatic carbocycles. The van der Waals surface area contributed by atoms with Gasteiger partial charge in [-0.2, -0.15) is 5.10 Å². The van der Waals surface area contributed by atoms with Crippen molar-refractivity contribution in [2.45, 2.75) is 13.0 Å². The summed E-state index contributed by atoms with van der Waals surface area (Å²) in [5.41, 5.74) is 4.84. The molecule has 4 heterocycles. The van der Waals surface area contributed by atoms with Crippen molar-refractivity contribution in [2.75, 3.05) is 18.4 Å². The number of benzene rings is 1. The maximum atomic E-state index is 12.9. The lowest BCUT2D eigenvalue weighted by molar-refractivity contribution is 0.102. The molecule has 29 heavy (non-hydrogen) atoms. The molecule has 7 heteroatoms. The van der Waals surface area contributed by atoms with Crippen molar-refractivity contribution in [3.63, 3.8) is 0 Å². The third kappa shape index (κ3) is 3.60. The number of H-pyrrole nitrogens is 1. The molecule has 0 unspecified atom stereocenters. The van der Waals surface area contributed by atoms with Crippen LogP contribution in [-0.2, 0) is 6.54 Å². The van der Waals surface area contributed by atoms with Gasteiger partial charge in [0.05, 0.1) is 11.2 Å². The molecule has 7 nitrogen and oxygen atoms in total. The van der Waals surface area contributed by atoms with Crippen molar-refractivity contribution < 1.29 is 4.79 Å². The van der Waals surface area contributed by atoms with Crippen LogP contribution in [0.2, 0.25) is 0 Å². The number of anilines is 1. The number of aromatic nitrogens is 4. The van der Waals surface area contributed by atoms with Crippen molar-refractivity contribution in [1.29, 1.82) is 0 Å². The van der Waals surface area contributed by atoms with Gasteiger partial charge in [-0.3, -0.25) is 24.8 Å². The Hall–Kier alpha value is -3.58. The summed E-state index contributed by atoms with van der Waals surface area (Å²) < 4.78 is 0. The first kappa shape index (κ1) is 17.5. The number of fused-ring (bicyclic) bond motifs is 1. The zero-order chi connectivity index (χ0) is 19.6. The number of carbonyl (C=O) groups excluding carboxylic acids is 1. The predicted octanol–water partition coefficient (Wildman–Crippen LogP) is 3.48. The lowest BCUT2D eigenvalue weighted by Gasteiger charge is -2.30. The number of nitrogens with one attached hydrogen (secondary N) is 2. The standard InChI is InChI=1S/C22H20N6O/c29-22(25-17-6-8-24-18(12-17)14-28-9-2-10-28)21-19-11-15(4-5-20(19)26-27-21)16-3-1-7-23-13-16/h1,3-8,11-13H,2,9-10,14H2,(H,26,27)(H,24,25,29). The third-order valence-corrected chi connectivity index (χ3v) is 5.18. The molecule has 0 spiro atoms. The smallest absolute Gasteiger partial charge is 0.276 e. The largest absolute Gasteiger partial charge is 0.320 e. The van der Waals surface area contributed by atoms with E-state index in [1.54, 1.807) is 24.7 Å². The summed E-state index contributed by atoms with van der Waals surface area (Å²) in [6.45, 7) is 3.02. The van der Waals surface area contributed by atoms with E-state index in [-0.39, 0.29) is 5.91 Å². The maximum absolute atomic E-state index is 12.9. The molecule has 0 atom stereocenters. The van der Waals surface area contributed by atoms with E-state index in [4.69, 9.17) is 0 Å². The van der Waals surface area contributed by atoms with E-state index >= 15 is 0 Å². The van der Waals surface area contributed by atoms with Crippen LogP contribution in [0, 0.1) is 0 Å². The van der Waals surface area contributed by atoms with Gasteiger partial charge in [-0.1, -0.05) is 12.1 Å². The fourth-order valence-corrected chi connectivity index (χ4v) is 3.50. The Balaban J connectivity index is 1.40. The lowest BCUT2D eigenvalue weighted by atomic mass is 10.0. The van der Waals surface area contributed by atoms with Gasteiger partial charge in [0.1, 0.15) is 0 Å². The first-order valence-corrected chi connectivity index (χ1v) is 9.63. The fraction of sp³-hybridized carbons (Fsp3) is 0.182. The molecule has 1 aliphatic heterocycles. The molecule has 3 aromatic heterocycles. The molecular weight excluding hydrogens is 364 g/mol. The minimum Gasteiger partial charge on any atom is -0.320 e. The number of hydrogen-bond donors (Lipinski definition) is 2. The second-order valence-corrected chi connectivity index (χ2v) is 7.19. The monoisotopic (exact) mass is 384 g/mol. The number of rotatable bonds is 5. The maximum Gasteiger partial charge on any atom is 0.276 e. The van der Waals surface area contributed by atoms with E-state index in [1.165, 1.54) is 6.42 Å². The topological polar surface area (TPSA) is 86.8 Å². The first-order valence-electron chi connectivity index (χ1n) is 9.63. The molecule has 0 radical (unpaired) electrons. The van der Waals surface area contributed by atoms with Crippen molar-refractivity contribution in [3.05, 3.63) is 72.4 Å². The number of pyridine rings is 2. The number of nitrogens with zero attached hydrogens (tertiary/aromatic N) is 4. The molecule has 1 aromatic carbocycles. The minimum absolute atomic E-state index is 0.249. The Bertz CT molecular complexity index is 1170. The molecule has 1 amide bonds. The summed E-state index contributed by atoms with van der Waals surface area (Å²) in [4.78, 5) is 23.8. The van der Waals surface area contributed by atoms with E-state index in [0.29, 0.717) is 5.69 Å². The molecule has 0 bridgehead atoms. The van der Waals surface area contributed by atoms with Crippen LogP contribution in [0.4, 0.5) is 5.69 Å². The summed E-state index contributed by atoms with van der Waals surface area (Å²) in [6.07, 6.45) is 6.51. The average molecular weight is 384 g/mol. The number of carbonyl (C=O) groups is 1. The van der Waals surface area contributed by atoms with Crippen molar-refractivity contribution in [1.82, 2.24) is 25.1 Å². The minimum atomic E-state index is -0.249. The van der Waals surface area contributed by atoms with Gasteiger partial charge in [-0.25, -0.2) is 0 Å².